The van der Waals surface area contributed by atoms with Crippen molar-refractivity contribution in [3.05, 3.63) is 53.1 Å². The number of amides is 1. The molecule has 24 heavy (non-hydrogen) atoms. The molecule has 0 unspecified atom stereocenters. The van der Waals surface area contributed by atoms with E-state index in [1.165, 1.54) is 24.3 Å². The Morgan fingerprint density at radius 3 is 2.62 bits per heavy atom. The highest BCUT2D eigenvalue weighted by Crippen LogP contribution is 2.24. The second-order valence-electron chi connectivity index (χ2n) is 5.91. The minimum Gasteiger partial charge on any atom is -0.378 e. The lowest BCUT2D eigenvalue weighted by Gasteiger charge is -2.26. The molecule has 6 nitrogen and oxygen atoms in total. The molecule has 0 saturated carbocycles. The molecule has 0 bridgehead atoms. The maximum absolute atomic E-state index is 13.0. The van der Waals surface area contributed by atoms with Crippen LogP contribution in [0.5, 0.6) is 0 Å². The van der Waals surface area contributed by atoms with Crippen molar-refractivity contribution in [3.63, 3.8) is 0 Å². The van der Waals surface area contributed by atoms with Crippen LogP contribution in [-0.2, 0) is 17.8 Å². The van der Waals surface area contributed by atoms with Crippen molar-refractivity contribution in [1.82, 2.24) is 14.9 Å². The summed E-state index contributed by atoms with van der Waals surface area (Å²) in [5.74, 6) is 0.214. The zero-order chi connectivity index (χ0) is 16.5. The smallest absolute Gasteiger partial charge is 0.254 e. The van der Waals surface area contributed by atoms with E-state index < -0.39 is 0 Å². The highest BCUT2D eigenvalue weighted by molar-refractivity contribution is 5.94. The summed E-state index contributed by atoms with van der Waals surface area (Å²) >= 11 is 0. The van der Waals surface area contributed by atoms with E-state index in [-0.39, 0.29) is 11.7 Å². The first-order valence-electron chi connectivity index (χ1n) is 7.93. The fourth-order valence-electron chi connectivity index (χ4n) is 2.98. The van der Waals surface area contributed by atoms with Crippen molar-refractivity contribution in [2.45, 2.75) is 13.1 Å². The predicted molar refractivity (Wildman–Crippen MR) is 85.0 cm³/mol. The summed E-state index contributed by atoms with van der Waals surface area (Å²) in [6.07, 6.45) is 1.80. The minimum atomic E-state index is -0.350. The number of anilines is 1. The van der Waals surface area contributed by atoms with Crippen LogP contribution in [0.1, 0.15) is 21.6 Å². The van der Waals surface area contributed by atoms with Crippen LogP contribution < -0.4 is 4.90 Å². The Morgan fingerprint density at radius 1 is 1.12 bits per heavy atom. The molecule has 1 saturated heterocycles. The summed E-state index contributed by atoms with van der Waals surface area (Å²) in [5.41, 5.74) is 2.31. The number of aromatic nitrogens is 2. The van der Waals surface area contributed by atoms with Gasteiger partial charge in [-0.2, -0.15) is 0 Å². The van der Waals surface area contributed by atoms with Gasteiger partial charge >= 0.3 is 0 Å². The summed E-state index contributed by atoms with van der Waals surface area (Å²) in [6.45, 7) is 3.83. The SMILES string of the molecule is O=C(c1ccc(F)cc1)N1Cc2cnc(N3CCOCC3)nc2C1. The number of ether oxygens (including phenoxy) is 1. The number of carbonyl (C=O) groups excluding carboxylic acids is 1. The molecule has 2 aromatic rings. The third kappa shape index (κ3) is 2.82. The Bertz CT molecular complexity index is 760. The molecule has 2 aliphatic heterocycles. The standard InChI is InChI=1S/C17H17FN4O2/c18-14-3-1-12(2-4-14)16(23)22-10-13-9-19-17(20-15(13)11-22)21-5-7-24-8-6-21/h1-4,9H,5-8,10-11H2. The number of benzene rings is 1. The molecule has 1 aromatic heterocycles. The number of rotatable bonds is 2. The Hall–Kier alpha value is -2.54. The Labute approximate surface area is 138 Å². The van der Waals surface area contributed by atoms with Crippen LogP contribution >= 0.6 is 0 Å². The number of morpholine rings is 1. The van der Waals surface area contributed by atoms with Gasteiger partial charge in [0, 0.05) is 37.0 Å². The molecule has 1 aromatic carbocycles. The fourth-order valence-corrected chi connectivity index (χ4v) is 2.98. The van der Waals surface area contributed by atoms with Crippen LogP contribution in [0.2, 0.25) is 0 Å². The van der Waals surface area contributed by atoms with E-state index >= 15 is 0 Å². The van der Waals surface area contributed by atoms with Crippen LogP contribution in [-0.4, -0.2) is 47.1 Å². The first-order valence-corrected chi connectivity index (χ1v) is 7.93. The highest BCUT2D eigenvalue weighted by atomic mass is 19.1. The average Bonchev–Trinajstić information content (AvgIpc) is 3.06. The van der Waals surface area contributed by atoms with E-state index in [9.17, 15) is 9.18 Å². The zero-order valence-corrected chi connectivity index (χ0v) is 13.1. The maximum atomic E-state index is 13.0. The van der Waals surface area contributed by atoms with E-state index in [2.05, 4.69) is 14.9 Å². The molecule has 0 aliphatic carbocycles. The normalized spacial score (nSPS) is 17.0. The third-order valence-corrected chi connectivity index (χ3v) is 4.32. The lowest BCUT2D eigenvalue weighted by molar-refractivity contribution is 0.0750. The molecule has 1 amide bonds. The summed E-state index contributed by atoms with van der Waals surface area (Å²) in [4.78, 5) is 25.4. The van der Waals surface area contributed by atoms with Crippen LogP contribution in [0.25, 0.3) is 0 Å². The molecule has 1 fully saturated rings. The van der Waals surface area contributed by atoms with Crippen molar-refractivity contribution in [2.24, 2.45) is 0 Å². The highest BCUT2D eigenvalue weighted by Gasteiger charge is 2.27. The van der Waals surface area contributed by atoms with Gasteiger partial charge in [-0.05, 0) is 24.3 Å². The lowest BCUT2D eigenvalue weighted by atomic mass is 10.2. The van der Waals surface area contributed by atoms with Crippen molar-refractivity contribution in [2.75, 3.05) is 31.2 Å². The topological polar surface area (TPSA) is 58.6 Å². The zero-order valence-electron chi connectivity index (χ0n) is 13.1. The number of hydrogen-bond acceptors (Lipinski definition) is 5. The minimum absolute atomic E-state index is 0.124. The van der Waals surface area contributed by atoms with E-state index in [1.807, 2.05) is 0 Å². The molecule has 0 N–H and O–H groups in total. The second kappa shape index (κ2) is 6.16. The summed E-state index contributed by atoms with van der Waals surface area (Å²) in [7, 11) is 0. The molecule has 0 spiro atoms. The quantitative estimate of drug-likeness (QED) is 0.838. The van der Waals surface area contributed by atoms with Crippen LogP contribution in [0.4, 0.5) is 10.3 Å². The van der Waals surface area contributed by atoms with Crippen LogP contribution in [0.15, 0.2) is 30.5 Å². The van der Waals surface area contributed by atoms with Crippen LogP contribution in [0.3, 0.4) is 0 Å². The summed E-state index contributed by atoms with van der Waals surface area (Å²) in [6, 6.07) is 5.61. The van der Waals surface area contributed by atoms with Crippen molar-refractivity contribution >= 4 is 11.9 Å². The number of fused-ring (bicyclic) bond motifs is 1. The molecule has 7 heteroatoms. The molecule has 124 valence electrons. The van der Waals surface area contributed by atoms with Gasteiger partial charge in [-0.15, -0.1) is 0 Å². The second-order valence-corrected chi connectivity index (χ2v) is 5.91. The van der Waals surface area contributed by atoms with Gasteiger partial charge in [0.05, 0.1) is 25.5 Å². The van der Waals surface area contributed by atoms with Gasteiger partial charge in [-0.1, -0.05) is 0 Å². The fraction of sp³-hybridized carbons (Fsp3) is 0.353. The molecule has 0 radical (unpaired) electrons. The first kappa shape index (κ1) is 15.0. The van der Waals surface area contributed by atoms with E-state index in [0.717, 1.165) is 24.3 Å². The van der Waals surface area contributed by atoms with Crippen molar-refractivity contribution < 1.29 is 13.9 Å². The van der Waals surface area contributed by atoms with Gasteiger partial charge < -0.3 is 14.5 Å². The van der Waals surface area contributed by atoms with E-state index in [4.69, 9.17) is 4.74 Å². The molecular weight excluding hydrogens is 311 g/mol. The van der Waals surface area contributed by atoms with Gasteiger partial charge in [-0.3, -0.25) is 4.79 Å². The molecule has 0 atom stereocenters. The van der Waals surface area contributed by atoms with E-state index in [1.54, 1.807) is 11.1 Å². The third-order valence-electron chi connectivity index (χ3n) is 4.32. The predicted octanol–water partition coefficient (Wildman–Crippen LogP) is 1.61. The molecular formula is C17H17FN4O2. The monoisotopic (exact) mass is 328 g/mol. The molecule has 2 aliphatic rings. The van der Waals surface area contributed by atoms with Gasteiger partial charge in [0.2, 0.25) is 5.95 Å². The van der Waals surface area contributed by atoms with Crippen molar-refractivity contribution in [3.8, 4) is 0 Å². The van der Waals surface area contributed by atoms with Crippen molar-refractivity contribution in [1.29, 1.82) is 0 Å². The van der Waals surface area contributed by atoms with E-state index in [0.29, 0.717) is 37.8 Å². The lowest BCUT2D eigenvalue weighted by Crippen LogP contribution is -2.37. The number of nitrogens with zero attached hydrogens (tertiary/aromatic N) is 4. The summed E-state index contributed by atoms with van der Waals surface area (Å²) < 4.78 is 18.3. The van der Waals surface area contributed by atoms with Gasteiger partial charge in [0.25, 0.3) is 5.91 Å². The molecule has 3 heterocycles. The number of halogens is 1. The van der Waals surface area contributed by atoms with Crippen LogP contribution in [0, 0.1) is 5.82 Å². The maximum Gasteiger partial charge on any atom is 0.254 e. The van der Waals surface area contributed by atoms with Gasteiger partial charge in [0.15, 0.2) is 0 Å². The number of hydrogen-bond donors (Lipinski definition) is 0. The van der Waals surface area contributed by atoms with Gasteiger partial charge in [0.1, 0.15) is 5.82 Å². The van der Waals surface area contributed by atoms with Gasteiger partial charge in [-0.25, -0.2) is 14.4 Å². The Kier molecular flexibility index (Phi) is 3.86. The summed E-state index contributed by atoms with van der Waals surface area (Å²) in [5, 5.41) is 0. The largest absolute Gasteiger partial charge is 0.378 e. The Balaban J connectivity index is 1.51. The first-order chi connectivity index (χ1) is 11.7. The average molecular weight is 328 g/mol. The Morgan fingerprint density at radius 2 is 1.88 bits per heavy atom. The number of carbonyl (C=O) groups is 1. The molecule has 4 rings (SSSR count).